The van der Waals surface area contributed by atoms with Gasteiger partial charge < -0.3 is 4.98 Å². The highest BCUT2D eigenvalue weighted by Gasteiger charge is 2.37. The number of hydrogen-bond donors (Lipinski definition) is 1. The quantitative estimate of drug-likeness (QED) is 0.442. The van der Waals surface area contributed by atoms with Crippen LogP contribution in [0.25, 0.3) is 10.9 Å². The lowest BCUT2D eigenvalue weighted by molar-refractivity contribution is 0.0572. The minimum atomic E-state index is -0.181. The first-order valence-corrected chi connectivity index (χ1v) is 13.3. The Hall–Kier alpha value is -2.54. The number of aromatic amines is 1. The fourth-order valence-corrected chi connectivity index (χ4v) is 5.49. The molecule has 2 aromatic heterocycles. The minimum absolute atomic E-state index is 0.00227. The van der Waals surface area contributed by atoms with E-state index in [0.717, 1.165) is 41.6 Å². The molecule has 1 saturated carbocycles. The molecule has 1 aliphatic carbocycles. The third-order valence-electron chi connectivity index (χ3n) is 8.12. The number of nitrogens with one attached hydrogen (secondary N) is 1. The molecule has 7 nitrogen and oxygen atoms in total. The number of H-pyrrole nitrogens is 1. The highest BCUT2D eigenvalue weighted by Crippen LogP contribution is 2.36. The van der Waals surface area contributed by atoms with Crippen molar-refractivity contribution in [1.29, 1.82) is 0 Å². The van der Waals surface area contributed by atoms with E-state index in [-0.39, 0.29) is 17.1 Å². The van der Waals surface area contributed by atoms with Crippen molar-refractivity contribution in [1.82, 2.24) is 30.1 Å². The zero-order valence-electron chi connectivity index (χ0n) is 22.6. The normalized spacial score (nSPS) is 16.5. The summed E-state index contributed by atoms with van der Waals surface area (Å²) in [5.74, 6) is 1.19. The number of pyridine rings is 1. The molecule has 1 aliphatic rings. The molecule has 0 aliphatic heterocycles. The maximum Gasteiger partial charge on any atom is 0.252 e. The van der Waals surface area contributed by atoms with Crippen molar-refractivity contribution in [2.24, 2.45) is 5.92 Å². The smallest absolute Gasteiger partial charge is 0.252 e. The van der Waals surface area contributed by atoms with Crippen LogP contribution in [0.4, 0.5) is 0 Å². The number of fused-ring (bicyclic) bond motifs is 1. The number of aromatic nitrogens is 5. The Morgan fingerprint density at radius 3 is 2.46 bits per heavy atom. The van der Waals surface area contributed by atoms with Crippen LogP contribution in [0, 0.1) is 19.8 Å². The average molecular weight is 479 g/mol. The number of hydrogen-bond acceptors (Lipinski definition) is 5. The first-order valence-electron chi connectivity index (χ1n) is 13.3. The van der Waals surface area contributed by atoms with E-state index < -0.39 is 0 Å². The van der Waals surface area contributed by atoms with Crippen LogP contribution in [-0.2, 0) is 12.1 Å². The monoisotopic (exact) mass is 478 g/mol. The standard InChI is InChI=1S/C28H42N6O/c1-8-28(6,7)34-26(30-31-32-34)25(18(2)3)33(23-12-10-9-11-13-23)17-22-16-21-14-19(4)20(5)15-24(21)29-27(22)35/h14-16,18,23,25H,8-13,17H2,1-7H3,(H,29,35)/t25-/m1/s1. The van der Waals surface area contributed by atoms with Crippen molar-refractivity contribution < 1.29 is 0 Å². The molecule has 0 radical (unpaired) electrons. The zero-order valence-corrected chi connectivity index (χ0v) is 22.6. The molecule has 3 aromatic rings. The molecule has 0 spiro atoms. The summed E-state index contributed by atoms with van der Waals surface area (Å²) in [6.45, 7) is 15.8. The molecule has 4 rings (SSSR count). The second-order valence-electron chi connectivity index (χ2n) is 11.4. The molecule has 190 valence electrons. The second-order valence-corrected chi connectivity index (χ2v) is 11.4. The van der Waals surface area contributed by atoms with Gasteiger partial charge in [-0.15, -0.1) is 5.10 Å². The van der Waals surface area contributed by atoms with Gasteiger partial charge in [-0.05, 0) is 98.0 Å². The van der Waals surface area contributed by atoms with E-state index in [1.54, 1.807) is 0 Å². The molecular weight excluding hydrogens is 436 g/mol. The van der Waals surface area contributed by atoms with Crippen LogP contribution < -0.4 is 5.56 Å². The van der Waals surface area contributed by atoms with Crippen LogP contribution >= 0.6 is 0 Å². The van der Waals surface area contributed by atoms with Gasteiger partial charge in [-0.25, -0.2) is 4.68 Å². The molecule has 0 saturated heterocycles. The number of benzene rings is 1. The first kappa shape index (κ1) is 25.5. The molecule has 2 heterocycles. The highest BCUT2D eigenvalue weighted by molar-refractivity contribution is 5.80. The summed E-state index contributed by atoms with van der Waals surface area (Å²) < 4.78 is 2.02. The molecular formula is C28H42N6O. The highest BCUT2D eigenvalue weighted by atomic mass is 16.1. The van der Waals surface area contributed by atoms with E-state index in [0.29, 0.717) is 18.5 Å². The second kappa shape index (κ2) is 10.2. The molecule has 1 atom stereocenters. The predicted molar refractivity (Wildman–Crippen MR) is 141 cm³/mol. The summed E-state index contributed by atoms with van der Waals surface area (Å²) in [7, 11) is 0. The van der Waals surface area contributed by atoms with Gasteiger partial charge in [-0.2, -0.15) is 0 Å². The van der Waals surface area contributed by atoms with E-state index in [1.165, 1.54) is 30.4 Å². The Kier molecular flexibility index (Phi) is 7.46. The third-order valence-corrected chi connectivity index (χ3v) is 8.12. The van der Waals surface area contributed by atoms with E-state index in [9.17, 15) is 4.79 Å². The Balaban J connectivity index is 1.80. The molecule has 1 N–H and O–H groups in total. The maximum atomic E-state index is 13.3. The Morgan fingerprint density at radius 1 is 1.11 bits per heavy atom. The predicted octanol–water partition coefficient (Wildman–Crippen LogP) is 5.81. The van der Waals surface area contributed by atoms with E-state index in [4.69, 9.17) is 0 Å². The zero-order chi connectivity index (χ0) is 25.3. The van der Waals surface area contributed by atoms with Crippen molar-refractivity contribution in [3.63, 3.8) is 0 Å². The van der Waals surface area contributed by atoms with E-state index >= 15 is 0 Å². The van der Waals surface area contributed by atoms with Gasteiger partial charge in [-0.3, -0.25) is 9.69 Å². The van der Waals surface area contributed by atoms with Gasteiger partial charge in [0.05, 0.1) is 11.6 Å². The summed E-state index contributed by atoms with van der Waals surface area (Å²) in [5, 5.41) is 14.2. The lowest BCUT2D eigenvalue weighted by atomic mass is 9.89. The van der Waals surface area contributed by atoms with Gasteiger partial charge in [-0.1, -0.05) is 40.0 Å². The van der Waals surface area contributed by atoms with Crippen molar-refractivity contribution in [2.45, 2.75) is 111 Å². The molecule has 0 unspecified atom stereocenters. The SMILES string of the molecule is CCC(C)(C)n1nnnc1[C@@H](C(C)C)N(Cc1cc2cc(C)c(C)cc2[nH]c1=O)C1CCCCC1. The van der Waals surface area contributed by atoms with Crippen molar-refractivity contribution in [3.8, 4) is 0 Å². The summed E-state index contributed by atoms with van der Waals surface area (Å²) in [6.07, 6.45) is 6.96. The Labute approximate surface area is 209 Å². The van der Waals surface area contributed by atoms with Crippen LogP contribution in [0.1, 0.15) is 102 Å². The largest absolute Gasteiger partial charge is 0.322 e. The van der Waals surface area contributed by atoms with Gasteiger partial charge >= 0.3 is 0 Å². The molecule has 1 aromatic carbocycles. The van der Waals surface area contributed by atoms with Crippen molar-refractivity contribution in [2.75, 3.05) is 0 Å². The van der Waals surface area contributed by atoms with Gasteiger partial charge in [0.2, 0.25) is 0 Å². The third kappa shape index (κ3) is 5.20. The topological polar surface area (TPSA) is 79.7 Å². The number of rotatable bonds is 8. The maximum absolute atomic E-state index is 13.3. The van der Waals surface area contributed by atoms with Crippen LogP contribution in [0.15, 0.2) is 23.0 Å². The Morgan fingerprint density at radius 2 is 1.80 bits per heavy atom. The number of tetrazole rings is 1. The van der Waals surface area contributed by atoms with Gasteiger partial charge in [0.1, 0.15) is 0 Å². The molecule has 7 heteroatoms. The lowest BCUT2D eigenvalue weighted by Crippen LogP contribution is -2.44. The summed E-state index contributed by atoms with van der Waals surface area (Å²) >= 11 is 0. The van der Waals surface area contributed by atoms with E-state index in [1.807, 2.05) is 4.68 Å². The summed E-state index contributed by atoms with van der Waals surface area (Å²) in [5.41, 5.74) is 3.96. The van der Waals surface area contributed by atoms with Crippen molar-refractivity contribution in [3.05, 3.63) is 51.1 Å². The summed E-state index contributed by atoms with van der Waals surface area (Å²) in [6, 6.07) is 6.77. The molecule has 1 fully saturated rings. The Bertz CT molecular complexity index is 1220. The molecule has 0 bridgehead atoms. The van der Waals surface area contributed by atoms with E-state index in [2.05, 4.69) is 92.1 Å². The minimum Gasteiger partial charge on any atom is -0.322 e. The van der Waals surface area contributed by atoms with Gasteiger partial charge in [0.25, 0.3) is 5.56 Å². The van der Waals surface area contributed by atoms with Gasteiger partial charge in [0, 0.05) is 23.7 Å². The summed E-state index contributed by atoms with van der Waals surface area (Å²) in [4.78, 5) is 19.0. The fourth-order valence-electron chi connectivity index (χ4n) is 5.49. The van der Waals surface area contributed by atoms with Crippen molar-refractivity contribution >= 4 is 10.9 Å². The number of nitrogens with zero attached hydrogens (tertiary/aromatic N) is 5. The van der Waals surface area contributed by atoms with Crippen LogP contribution in [0.3, 0.4) is 0 Å². The van der Waals surface area contributed by atoms with Crippen LogP contribution in [-0.4, -0.2) is 36.1 Å². The van der Waals surface area contributed by atoms with Gasteiger partial charge in [0.15, 0.2) is 5.82 Å². The van der Waals surface area contributed by atoms with Crippen LogP contribution in [0.2, 0.25) is 0 Å². The number of aryl methyl sites for hydroxylation is 2. The average Bonchev–Trinajstić information content (AvgIpc) is 3.31. The first-order chi connectivity index (χ1) is 16.6. The fraction of sp³-hybridized carbons (Fsp3) is 0.643. The molecule has 0 amide bonds. The lowest BCUT2D eigenvalue weighted by Gasteiger charge is -2.42. The molecule has 35 heavy (non-hydrogen) atoms. The van der Waals surface area contributed by atoms with Crippen LogP contribution in [0.5, 0.6) is 0 Å².